The molecule has 0 atom stereocenters. The van der Waals surface area contributed by atoms with E-state index in [4.69, 9.17) is 18.9 Å². The van der Waals surface area contributed by atoms with Gasteiger partial charge in [0.2, 0.25) is 5.91 Å². The van der Waals surface area contributed by atoms with E-state index in [0.29, 0.717) is 18.0 Å². The molecule has 0 saturated carbocycles. The van der Waals surface area contributed by atoms with Crippen LogP contribution >= 0.6 is 0 Å². The van der Waals surface area contributed by atoms with Crippen LogP contribution in [0.5, 0.6) is 5.75 Å². The summed E-state index contributed by atoms with van der Waals surface area (Å²) in [6, 6.07) is 6.51. The number of ether oxygens (including phenoxy) is 4. The van der Waals surface area contributed by atoms with E-state index in [1.54, 1.807) is 38.1 Å². The molecule has 0 bridgehead atoms. The topological polar surface area (TPSA) is 100 Å². The fourth-order valence-electron chi connectivity index (χ4n) is 1.91. The number of carbonyl (C=O) groups excluding carboxylic acids is 3. The number of nitrogens with one attached hydrogen (secondary N) is 1. The fourth-order valence-corrected chi connectivity index (χ4v) is 1.91. The lowest BCUT2D eigenvalue weighted by Gasteiger charge is -2.30. The number of hydrogen-bond acceptors (Lipinski definition) is 7. The normalized spacial score (nSPS) is 15.7. The summed E-state index contributed by atoms with van der Waals surface area (Å²) in [6.45, 7) is 3.39. The molecule has 1 fully saturated rings. The number of rotatable bonds is 6. The number of amides is 1. The van der Waals surface area contributed by atoms with E-state index in [1.165, 1.54) is 0 Å². The lowest BCUT2D eigenvalue weighted by molar-refractivity contribution is -0.145. The standard InChI is InChI=1S/C16H19NO7/c1-3-21-13(18)8-22-12-6-4-11(5-7-12)17-14(19)16(2)9-23-15(20)24-10-16/h4-7H,3,8-10H2,1-2H3,(H,17,19). The van der Waals surface area contributed by atoms with Crippen molar-refractivity contribution < 1.29 is 33.3 Å². The second kappa shape index (κ2) is 7.67. The molecule has 1 saturated heterocycles. The molecule has 1 heterocycles. The van der Waals surface area contributed by atoms with Crippen LogP contribution in [0.25, 0.3) is 0 Å². The first-order chi connectivity index (χ1) is 11.4. The van der Waals surface area contributed by atoms with E-state index in [2.05, 4.69) is 5.32 Å². The van der Waals surface area contributed by atoms with Gasteiger partial charge in [-0.25, -0.2) is 9.59 Å². The predicted molar refractivity (Wildman–Crippen MR) is 82.6 cm³/mol. The van der Waals surface area contributed by atoms with Crippen LogP contribution in [0.4, 0.5) is 10.5 Å². The summed E-state index contributed by atoms with van der Waals surface area (Å²) in [5.74, 6) is -0.299. The van der Waals surface area contributed by atoms with Crippen LogP contribution < -0.4 is 10.1 Å². The molecule has 0 radical (unpaired) electrons. The van der Waals surface area contributed by atoms with Crippen LogP contribution in [0.2, 0.25) is 0 Å². The third-order valence-corrected chi connectivity index (χ3v) is 3.34. The first kappa shape index (κ1) is 17.6. The van der Waals surface area contributed by atoms with Crippen molar-refractivity contribution in [2.24, 2.45) is 5.41 Å². The maximum atomic E-state index is 12.3. The Morgan fingerprint density at radius 1 is 1.21 bits per heavy atom. The Kier molecular flexibility index (Phi) is 5.62. The highest BCUT2D eigenvalue weighted by Crippen LogP contribution is 2.25. The second-order valence-electron chi connectivity index (χ2n) is 5.46. The molecule has 1 N–H and O–H groups in total. The second-order valence-corrected chi connectivity index (χ2v) is 5.46. The summed E-state index contributed by atoms with van der Waals surface area (Å²) in [5.41, 5.74) is -0.408. The number of hydrogen-bond donors (Lipinski definition) is 1. The van der Waals surface area contributed by atoms with Gasteiger partial charge in [0, 0.05) is 5.69 Å². The van der Waals surface area contributed by atoms with Crippen LogP contribution in [0.15, 0.2) is 24.3 Å². The Hall–Kier alpha value is -2.77. The van der Waals surface area contributed by atoms with Crippen LogP contribution in [0.1, 0.15) is 13.8 Å². The predicted octanol–water partition coefficient (Wildman–Crippen LogP) is 1.74. The highest BCUT2D eigenvalue weighted by atomic mass is 16.7. The molecule has 24 heavy (non-hydrogen) atoms. The van der Waals surface area contributed by atoms with Crippen molar-refractivity contribution in [1.82, 2.24) is 0 Å². The molecule has 130 valence electrons. The number of cyclic esters (lactones) is 2. The lowest BCUT2D eigenvalue weighted by Crippen LogP contribution is -2.46. The molecule has 1 aliphatic rings. The molecule has 8 nitrogen and oxygen atoms in total. The highest BCUT2D eigenvalue weighted by Gasteiger charge is 2.40. The molecule has 0 spiro atoms. The lowest BCUT2D eigenvalue weighted by atomic mass is 9.91. The quantitative estimate of drug-likeness (QED) is 0.789. The van der Waals surface area contributed by atoms with Gasteiger partial charge in [0.15, 0.2) is 6.61 Å². The van der Waals surface area contributed by atoms with Gasteiger partial charge in [0.05, 0.1) is 6.61 Å². The molecule has 0 aliphatic carbocycles. The van der Waals surface area contributed by atoms with Gasteiger partial charge >= 0.3 is 12.1 Å². The number of carbonyl (C=O) groups is 3. The third kappa shape index (κ3) is 4.61. The SMILES string of the molecule is CCOC(=O)COc1ccc(NC(=O)C2(C)COC(=O)OC2)cc1. The number of esters is 1. The van der Waals surface area contributed by atoms with E-state index in [0.717, 1.165) is 0 Å². The average molecular weight is 337 g/mol. The molecule has 2 rings (SSSR count). The van der Waals surface area contributed by atoms with E-state index in [9.17, 15) is 14.4 Å². The van der Waals surface area contributed by atoms with Crippen molar-refractivity contribution in [1.29, 1.82) is 0 Å². The molecule has 0 aromatic heterocycles. The van der Waals surface area contributed by atoms with E-state index < -0.39 is 17.5 Å². The molecular weight excluding hydrogens is 318 g/mol. The first-order valence-electron chi connectivity index (χ1n) is 7.42. The van der Waals surface area contributed by atoms with Crippen LogP contribution in [-0.2, 0) is 23.8 Å². The summed E-state index contributed by atoms with van der Waals surface area (Å²) in [5, 5.41) is 2.72. The Morgan fingerprint density at radius 2 is 1.83 bits per heavy atom. The molecule has 1 aliphatic heterocycles. The van der Waals surface area contributed by atoms with Gasteiger partial charge in [-0.1, -0.05) is 0 Å². The molecule has 1 aromatic rings. The van der Waals surface area contributed by atoms with Crippen molar-refractivity contribution in [3.8, 4) is 5.75 Å². The highest BCUT2D eigenvalue weighted by molar-refractivity contribution is 5.95. The van der Waals surface area contributed by atoms with Crippen LogP contribution in [0, 0.1) is 5.41 Å². The van der Waals surface area contributed by atoms with Crippen molar-refractivity contribution in [3.63, 3.8) is 0 Å². The van der Waals surface area contributed by atoms with Crippen molar-refractivity contribution >= 4 is 23.7 Å². The summed E-state index contributed by atoms with van der Waals surface area (Å²) in [7, 11) is 0. The van der Waals surface area contributed by atoms with Gasteiger partial charge in [-0.3, -0.25) is 4.79 Å². The minimum atomic E-state index is -0.951. The van der Waals surface area contributed by atoms with E-state index >= 15 is 0 Å². The maximum absolute atomic E-state index is 12.3. The largest absolute Gasteiger partial charge is 0.508 e. The average Bonchev–Trinajstić information content (AvgIpc) is 2.57. The maximum Gasteiger partial charge on any atom is 0.508 e. The zero-order chi connectivity index (χ0) is 17.6. The zero-order valence-corrected chi connectivity index (χ0v) is 13.5. The minimum absolute atomic E-state index is 0.0433. The molecule has 1 amide bonds. The molecule has 0 unspecified atom stereocenters. The monoisotopic (exact) mass is 337 g/mol. The first-order valence-corrected chi connectivity index (χ1v) is 7.42. The molecule has 1 aromatic carbocycles. The third-order valence-electron chi connectivity index (χ3n) is 3.34. The smallest absolute Gasteiger partial charge is 0.482 e. The van der Waals surface area contributed by atoms with Gasteiger partial charge in [-0.15, -0.1) is 0 Å². The van der Waals surface area contributed by atoms with E-state index in [1.807, 2.05) is 0 Å². The molecular formula is C16H19NO7. The van der Waals surface area contributed by atoms with Crippen LogP contribution in [0.3, 0.4) is 0 Å². The molecule has 8 heteroatoms. The van der Waals surface area contributed by atoms with Crippen molar-refractivity contribution in [2.45, 2.75) is 13.8 Å². The Balaban J connectivity index is 1.88. The van der Waals surface area contributed by atoms with Gasteiger partial charge in [-0.2, -0.15) is 0 Å². The van der Waals surface area contributed by atoms with Gasteiger partial charge in [-0.05, 0) is 38.1 Å². The zero-order valence-electron chi connectivity index (χ0n) is 13.5. The summed E-state index contributed by atoms with van der Waals surface area (Å²) in [4.78, 5) is 34.4. The van der Waals surface area contributed by atoms with Crippen molar-refractivity contribution in [3.05, 3.63) is 24.3 Å². The Bertz CT molecular complexity index is 601. The van der Waals surface area contributed by atoms with Crippen LogP contribution in [-0.4, -0.2) is 44.5 Å². The minimum Gasteiger partial charge on any atom is -0.482 e. The van der Waals surface area contributed by atoms with E-state index in [-0.39, 0.29) is 25.7 Å². The van der Waals surface area contributed by atoms with Gasteiger partial charge in [0.1, 0.15) is 24.4 Å². The van der Waals surface area contributed by atoms with Gasteiger partial charge in [0.25, 0.3) is 0 Å². The fraction of sp³-hybridized carbons (Fsp3) is 0.438. The summed E-state index contributed by atoms with van der Waals surface area (Å²) < 4.78 is 19.5. The summed E-state index contributed by atoms with van der Waals surface area (Å²) in [6.07, 6.45) is -0.775. The van der Waals surface area contributed by atoms with Crippen molar-refractivity contribution in [2.75, 3.05) is 31.7 Å². The number of anilines is 1. The summed E-state index contributed by atoms with van der Waals surface area (Å²) >= 11 is 0. The number of benzene rings is 1. The Labute approximate surface area is 139 Å². The van der Waals surface area contributed by atoms with Gasteiger partial charge < -0.3 is 24.3 Å². The Morgan fingerprint density at radius 3 is 2.42 bits per heavy atom.